The van der Waals surface area contributed by atoms with Gasteiger partial charge in [-0.1, -0.05) is 12.1 Å². The van der Waals surface area contributed by atoms with Crippen LogP contribution in [0.2, 0.25) is 0 Å². The molecule has 0 fully saturated rings. The van der Waals surface area contributed by atoms with E-state index >= 15 is 0 Å². The predicted octanol–water partition coefficient (Wildman–Crippen LogP) is 2.70. The summed E-state index contributed by atoms with van der Waals surface area (Å²) in [6.45, 7) is 0. The Morgan fingerprint density at radius 3 is 1.53 bits per heavy atom. The van der Waals surface area contributed by atoms with Crippen LogP contribution < -0.4 is 0 Å². The quantitative estimate of drug-likeness (QED) is 0.802. The van der Waals surface area contributed by atoms with Crippen molar-refractivity contribution in [1.29, 1.82) is 0 Å². The van der Waals surface area contributed by atoms with Crippen molar-refractivity contribution < 1.29 is 36.6 Å². The summed E-state index contributed by atoms with van der Waals surface area (Å²) in [5.74, 6) is -0.528. The predicted molar refractivity (Wildman–Crippen MR) is 44.1 cm³/mol. The maximum atomic E-state index is 13.5. The molecule has 1 rings (SSSR count). The zero-order chi connectivity index (χ0) is 13.5. The number of phenols is 1. The molecule has 1 unspecified atom stereocenters. The second-order valence-corrected chi connectivity index (χ2v) is 3.24. The monoisotopic (exact) mass is 260 g/mol. The molecule has 0 spiro atoms. The summed E-state index contributed by atoms with van der Waals surface area (Å²) < 4.78 is 75.3. The molecule has 0 aliphatic carbocycles. The van der Waals surface area contributed by atoms with Gasteiger partial charge < -0.3 is 10.2 Å². The lowest BCUT2D eigenvalue weighted by Gasteiger charge is -2.31. The van der Waals surface area contributed by atoms with Crippen LogP contribution in [-0.4, -0.2) is 22.5 Å². The van der Waals surface area contributed by atoms with Crippen molar-refractivity contribution in [2.45, 2.75) is 18.0 Å². The van der Waals surface area contributed by atoms with Gasteiger partial charge in [0.25, 0.3) is 0 Å². The van der Waals surface area contributed by atoms with E-state index in [4.69, 9.17) is 10.2 Å². The van der Waals surface area contributed by atoms with Crippen LogP contribution in [0.1, 0.15) is 5.56 Å². The van der Waals surface area contributed by atoms with Crippen molar-refractivity contribution in [2.24, 2.45) is 0 Å². The molecule has 8 heteroatoms. The van der Waals surface area contributed by atoms with Crippen molar-refractivity contribution in [3.63, 3.8) is 0 Å². The molecule has 0 saturated heterocycles. The average molecular weight is 260 g/mol. The van der Waals surface area contributed by atoms with Crippen LogP contribution in [-0.2, 0) is 5.67 Å². The topological polar surface area (TPSA) is 40.5 Å². The highest BCUT2D eigenvalue weighted by atomic mass is 19.4. The fraction of sp³-hybridized carbons (Fsp3) is 0.333. The average Bonchev–Trinajstić information content (AvgIpc) is 2.14. The number of hydrogen-bond donors (Lipinski definition) is 2. The first-order valence-corrected chi connectivity index (χ1v) is 4.15. The fourth-order valence-electron chi connectivity index (χ4n) is 1.20. The van der Waals surface area contributed by atoms with Crippen LogP contribution in [0.25, 0.3) is 0 Å². The number of rotatable bonds is 2. The van der Waals surface area contributed by atoms with Gasteiger partial charge in [0, 0.05) is 5.56 Å². The Morgan fingerprint density at radius 1 is 0.824 bits per heavy atom. The van der Waals surface area contributed by atoms with Crippen LogP contribution in [0.5, 0.6) is 5.75 Å². The van der Waals surface area contributed by atoms with Crippen LogP contribution in [0.3, 0.4) is 0 Å². The van der Waals surface area contributed by atoms with Crippen molar-refractivity contribution in [3.8, 4) is 5.75 Å². The van der Waals surface area contributed by atoms with Gasteiger partial charge in [0.1, 0.15) is 5.75 Å². The van der Waals surface area contributed by atoms with E-state index in [1.54, 1.807) is 0 Å². The van der Waals surface area contributed by atoms with Gasteiger partial charge in [0.05, 0.1) is 0 Å². The summed E-state index contributed by atoms with van der Waals surface area (Å²) in [6.07, 6.45) is -11.6. The van der Waals surface area contributed by atoms with Crippen molar-refractivity contribution >= 4 is 0 Å². The molecule has 1 aromatic rings. The van der Waals surface area contributed by atoms with Gasteiger partial charge in [-0.05, 0) is 12.1 Å². The molecule has 1 aromatic carbocycles. The first-order valence-electron chi connectivity index (χ1n) is 4.15. The van der Waals surface area contributed by atoms with Gasteiger partial charge in [0.2, 0.25) is 0 Å². The van der Waals surface area contributed by atoms with Crippen LogP contribution in [0, 0.1) is 0 Å². The number of aromatic hydroxyl groups is 1. The molecule has 2 N–H and O–H groups in total. The van der Waals surface area contributed by atoms with Gasteiger partial charge in [0.15, 0.2) is 0 Å². The molecule has 17 heavy (non-hydrogen) atoms. The SMILES string of the molecule is Oc1ccc(C(F)(C(O)(F)F)C(F)(F)F)cc1. The molecule has 0 aliphatic rings. The van der Waals surface area contributed by atoms with Gasteiger partial charge >= 0.3 is 18.0 Å². The number of alkyl halides is 6. The Hall–Kier alpha value is -1.44. The molecule has 0 saturated carbocycles. The summed E-state index contributed by atoms with van der Waals surface area (Å²) in [5.41, 5.74) is -6.73. The Kier molecular flexibility index (Phi) is 3.04. The zero-order valence-electron chi connectivity index (χ0n) is 7.97. The zero-order valence-corrected chi connectivity index (χ0v) is 7.97. The van der Waals surface area contributed by atoms with E-state index in [0.29, 0.717) is 24.3 Å². The molecule has 2 nitrogen and oxygen atoms in total. The lowest BCUT2D eigenvalue weighted by Crippen LogP contribution is -2.52. The van der Waals surface area contributed by atoms with Gasteiger partial charge in [-0.2, -0.15) is 22.0 Å². The van der Waals surface area contributed by atoms with Crippen LogP contribution in [0.4, 0.5) is 26.3 Å². The number of aliphatic hydroxyl groups is 1. The first-order chi connectivity index (χ1) is 7.50. The summed E-state index contributed by atoms with van der Waals surface area (Å²) in [5, 5.41) is 16.9. The minimum Gasteiger partial charge on any atom is -0.508 e. The van der Waals surface area contributed by atoms with Crippen molar-refractivity contribution in [3.05, 3.63) is 29.8 Å². The molecule has 0 aromatic heterocycles. The maximum absolute atomic E-state index is 13.5. The second kappa shape index (κ2) is 3.80. The number of benzene rings is 1. The van der Waals surface area contributed by atoms with Crippen LogP contribution in [0.15, 0.2) is 24.3 Å². The lowest BCUT2D eigenvalue weighted by atomic mass is 9.93. The second-order valence-electron chi connectivity index (χ2n) is 3.24. The highest BCUT2D eigenvalue weighted by molar-refractivity contribution is 5.32. The first kappa shape index (κ1) is 13.6. The third-order valence-electron chi connectivity index (χ3n) is 2.07. The van der Waals surface area contributed by atoms with E-state index in [1.807, 2.05) is 0 Å². The number of hydrogen-bond acceptors (Lipinski definition) is 2. The van der Waals surface area contributed by atoms with Crippen molar-refractivity contribution in [1.82, 2.24) is 0 Å². The molecule has 96 valence electrons. The minimum atomic E-state index is -6.01. The largest absolute Gasteiger partial charge is 0.508 e. The molecular weight excluding hydrogens is 254 g/mol. The molecular formula is C9H6F6O2. The molecule has 1 atom stereocenters. The molecule has 0 radical (unpaired) electrons. The Bertz CT molecular complexity index is 377. The van der Waals surface area contributed by atoms with E-state index in [0.717, 1.165) is 0 Å². The third kappa shape index (κ3) is 2.17. The summed E-state index contributed by atoms with van der Waals surface area (Å²) in [4.78, 5) is 0. The van der Waals surface area contributed by atoms with E-state index in [-0.39, 0.29) is 0 Å². The Balaban J connectivity index is 3.41. The van der Waals surface area contributed by atoms with E-state index in [1.165, 1.54) is 0 Å². The molecule has 0 aliphatic heterocycles. The van der Waals surface area contributed by atoms with E-state index in [9.17, 15) is 26.3 Å². The van der Waals surface area contributed by atoms with Gasteiger partial charge in [-0.25, -0.2) is 4.39 Å². The smallest absolute Gasteiger partial charge is 0.435 e. The van der Waals surface area contributed by atoms with Gasteiger partial charge in [-0.3, -0.25) is 0 Å². The lowest BCUT2D eigenvalue weighted by molar-refractivity contribution is -0.375. The van der Waals surface area contributed by atoms with E-state index < -0.39 is 29.3 Å². The number of phenolic OH excluding ortho intramolecular Hbond substituents is 1. The summed E-state index contributed by atoms with van der Waals surface area (Å²) >= 11 is 0. The summed E-state index contributed by atoms with van der Waals surface area (Å²) in [7, 11) is 0. The van der Waals surface area contributed by atoms with Crippen molar-refractivity contribution in [2.75, 3.05) is 0 Å². The highest BCUT2D eigenvalue weighted by Crippen LogP contribution is 2.51. The normalized spacial score (nSPS) is 16.6. The van der Waals surface area contributed by atoms with Gasteiger partial charge in [-0.15, -0.1) is 0 Å². The van der Waals surface area contributed by atoms with Crippen LogP contribution >= 0.6 is 0 Å². The molecule has 0 heterocycles. The summed E-state index contributed by atoms with van der Waals surface area (Å²) in [6, 6.07) is 1.82. The standard InChI is InChI=1S/C9H6F6O2/c10-7(8(11,12)13,9(14,15)17)5-1-3-6(16)4-2-5/h1-4,16-17H. The maximum Gasteiger partial charge on any atom is 0.435 e. The van der Waals surface area contributed by atoms with E-state index in [2.05, 4.69) is 0 Å². The highest BCUT2D eigenvalue weighted by Gasteiger charge is 2.72. The Labute approximate surface area is 91.1 Å². The number of halogens is 6. The minimum absolute atomic E-state index is 0.312. The Morgan fingerprint density at radius 2 is 1.24 bits per heavy atom. The fourth-order valence-corrected chi connectivity index (χ4v) is 1.20. The molecule has 0 amide bonds. The third-order valence-corrected chi connectivity index (χ3v) is 2.07. The molecule has 0 bridgehead atoms.